The number of hydrogen-bond donors (Lipinski definition) is 2. The summed E-state index contributed by atoms with van der Waals surface area (Å²) in [5.74, 6) is 1.88. The second kappa shape index (κ2) is 4.34. The van der Waals surface area contributed by atoms with Gasteiger partial charge < -0.3 is 14.9 Å². The molecular weight excluding hydrogens is 318 g/mol. The highest BCUT2D eigenvalue weighted by Crippen LogP contribution is 2.33. The number of benzene rings is 1. The van der Waals surface area contributed by atoms with Gasteiger partial charge in [0.2, 0.25) is 5.95 Å². The summed E-state index contributed by atoms with van der Waals surface area (Å²) in [6.07, 6.45) is 1.13. The normalized spacial score (nSPS) is 14.3. The standard InChI is InChI=1S/C14H14BrN5/c1-8-17-10-4-3-9(7-11(10)18-8)12-13(15)20-6-2-5-16-14(20)19-12/h3-4,7H,2,5-6H2,1H3,(H,16,19)(H,17,18). The third-order valence-corrected chi connectivity index (χ3v) is 4.42. The second-order valence-corrected chi connectivity index (χ2v) is 5.81. The lowest BCUT2D eigenvalue weighted by Gasteiger charge is -2.15. The van der Waals surface area contributed by atoms with Crippen LogP contribution in [0.15, 0.2) is 22.8 Å². The van der Waals surface area contributed by atoms with Crippen molar-refractivity contribution >= 4 is 32.9 Å². The summed E-state index contributed by atoms with van der Waals surface area (Å²) in [4.78, 5) is 12.4. The van der Waals surface area contributed by atoms with Gasteiger partial charge in [-0.15, -0.1) is 0 Å². The van der Waals surface area contributed by atoms with Crippen LogP contribution < -0.4 is 5.32 Å². The maximum absolute atomic E-state index is 4.70. The van der Waals surface area contributed by atoms with Gasteiger partial charge in [0, 0.05) is 18.7 Å². The van der Waals surface area contributed by atoms with Crippen molar-refractivity contribution in [2.75, 3.05) is 11.9 Å². The van der Waals surface area contributed by atoms with E-state index in [2.05, 4.69) is 47.9 Å². The van der Waals surface area contributed by atoms with E-state index in [1.54, 1.807) is 0 Å². The molecule has 0 unspecified atom stereocenters. The highest BCUT2D eigenvalue weighted by Gasteiger charge is 2.19. The third kappa shape index (κ3) is 1.75. The molecule has 0 atom stereocenters. The maximum Gasteiger partial charge on any atom is 0.204 e. The molecule has 20 heavy (non-hydrogen) atoms. The van der Waals surface area contributed by atoms with Crippen molar-refractivity contribution in [1.82, 2.24) is 19.5 Å². The predicted octanol–water partition coefficient (Wildman–Crippen LogP) is 3.31. The molecule has 0 radical (unpaired) electrons. The summed E-state index contributed by atoms with van der Waals surface area (Å²) in [6.45, 7) is 3.96. The smallest absolute Gasteiger partial charge is 0.204 e. The van der Waals surface area contributed by atoms with Gasteiger partial charge in [-0.05, 0) is 41.4 Å². The van der Waals surface area contributed by atoms with Crippen molar-refractivity contribution in [3.05, 3.63) is 28.6 Å². The van der Waals surface area contributed by atoms with Gasteiger partial charge in [-0.2, -0.15) is 0 Å². The van der Waals surface area contributed by atoms with Gasteiger partial charge in [0.25, 0.3) is 0 Å². The van der Waals surface area contributed by atoms with E-state index in [1.165, 1.54) is 0 Å². The Morgan fingerprint density at radius 2 is 2.20 bits per heavy atom. The molecule has 0 aliphatic carbocycles. The molecule has 6 heteroatoms. The van der Waals surface area contributed by atoms with Crippen LogP contribution in [0.25, 0.3) is 22.3 Å². The maximum atomic E-state index is 4.70. The molecule has 3 aromatic rings. The van der Waals surface area contributed by atoms with Crippen molar-refractivity contribution in [2.45, 2.75) is 19.9 Å². The average Bonchev–Trinajstić information content (AvgIpc) is 2.98. The number of nitrogens with one attached hydrogen (secondary N) is 2. The number of H-pyrrole nitrogens is 1. The molecule has 4 rings (SSSR count). The van der Waals surface area contributed by atoms with Gasteiger partial charge in [-0.25, -0.2) is 9.97 Å². The Hall–Kier alpha value is -1.82. The zero-order chi connectivity index (χ0) is 13.7. The van der Waals surface area contributed by atoms with E-state index < -0.39 is 0 Å². The third-order valence-electron chi connectivity index (χ3n) is 3.62. The number of aromatic amines is 1. The number of halogens is 1. The van der Waals surface area contributed by atoms with Gasteiger partial charge in [0.15, 0.2) is 0 Å². The summed E-state index contributed by atoms with van der Waals surface area (Å²) in [7, 11) is 0. The van der Waals surface area contributed by atoms with Crippen LogP contribution >= 0.6 is 15.9 Å². The number of imidazole rings is 2. The van der Waals surface area contributed by atoms with Crippen LogP contribution in [0.5, 0.6) is 0 Å². The van der Waals surface area contributed by atoms with Crippen molar-refractivity contribution in [3.63, 3.8) is 0 Å². The first kappa shape index (κ1) is 12.0. The quantitative estimate of drug-likeness (QED) is 0.719. The number of hydrogen-bond acceptors (Lipinski definition) is 3. The summed E-state index contributed by atoms with van der Waals surface area (Å²) < 4.78 is 3.22. The molecule has 3 heterocycles. The molecule has 102 valence electrons. The molecule has 0 saturated carbocycles. The van der Waals surface area contributed by atoms with E-state index in [9.17, 15) is 0 Å². The predicted molar refractivity (Wildman–Crippen MR) is 82.9 cm³/mol. The van der Waals surface area contributed by atoms with Crippen LogP contribution in [0.1, 0.15) is 12.2 Å². The number of fused-ring (bicyclic) bond motifs is 2. The van der Waals surface area contributed by atoms with Crippen LogP contribution in [0, 0.1) is 6.92 Å². The number of rotatable bonds is 1. The first-order chi connectivity index (χ1) is 9.72. The van der Waals surface area contributed by atoms with Gasteiger partial charge in [0.1, 0.15) is 16.1 Å². The fourth-order valence-electron chi connectivity index (χ4n) is 2.68. The minimum absolute atomic E-state index is 0.932. The van der Waals surface area contributed by atoms with Crippen LogP contribution in [0.4, 0.5) is 5.95 Å². The molecular formula is C14H14BrN5. The molecule has 5 nitrogen and oxygen atoms in total. The van der Waals surface area contributed by atoms with E-state index in [4.69, 9.17) is 4.98 Å². The lowest BCUT2D eigenvalue weighted by molar-refractivity contribution is 0.618. The monoisotopic (exact) mass is 331 g/mol. The van der Waals surface area contributed by atoms with Crippen molar-refractivity contribution in [1.29, 1.82) is 0 Å². The van der Waals surface area contributed by atoms with E-state index >= 15 is 0 Å². The van der Waals surface area contributed by atoms with Crippen LogP contribution in [-0.4, -0.2) is 26.1 Å². The van der Waals surface area contributed by atoms with E-state index in [0.717, 1.165) is 58.2 Å². The second-order valence-electron chi connectivity index (χ2n) is 5.06. The topological polar surface area (TPSA) is 58.5 Å². The van der Waals surface area contributed by atoms with Crippen molar-refractivity contribution in [3.8, 4) is 11.3 Å². The van der Waals surface area contributed by atoms with Gasteiger partial charge in [-0.3, -0.25) is 0 Å². The Bertz CT molecular complexity index is 801. The fraction of sp³-hybridized carbons (Fsp3) is 0.286. The number of nitrogens with zero attached hydrogens (tertiary/aromatic N) is 3. The fourth-order valence-corrected chi connectivity index (χ4v) is 3.34. The SMILES string of the molecule is Cc1nc2ccc(-c3nc4n(c3Br)CCCN4)cc2[nH]1. The van der Waals surface area contributed by atoms with Crippen molar-refractivity contribution < 1.29 is 0 Å². The van der Waals surface area contributed by atoms with Gasteiger partial charge >= 0.3 is 0 Å². The van der Waals surface area contributed by atoms with Crippen LogP contribution in [-0.2, 0) is 6.54 Å². The Labute approximate surface area is 124 Å². The van der Waals surface area contributed by atoms with E-state index in [0.29, 0.717) is 0 Å². The van der Waals surface area contributed by atoms with Gasteiger partial charge in [-0.1, -0.05) is 6.07 Å². The first-order valence-electron chi connectivity index (χ1n) is 6.69. The summed E-state index contributed by atoms with van der Waals surface area (Å²) in [5.41, 5.74) is 4.11. The average molecular weight is 332 g/mol. The Morgan fingerprint density at radius 1 is 1.30 bits per heavy atom. The molecule has 1 aromatic carbocycles. The molecule has 0 amide bonds. The number of aryl methyl sites for hydroxylation is 1. The summed E-state index contributed by atoms with van der Waals surface area (Å²) in [6, 6.07) is 6.21. The molecule has 1 aliphatic heterocycles. The zero-order valence-electron chi connectivity index (χ0n) is 11.1. The van der Waals surface area contributed by atoms with Gasteiger partial charge in [0.05, 0.1) is 11.0 Å². The lowest BCUT2D eigenvalue weighted by atomic mass is 10.1. The molecule has 0 spiro atoms. The van der Waals surface area contributed by atoms with Crippen LogP contribution in [0.2, 0.25) is 0 Å². The van der Waals surface area contributed by atoms with E-state index in [1.807, 2.05) is 13.0 Å². The molecule has 0 saturated heterocycles. The number of aromatic nitrogens is 4. The Kier molecular flexibility index (Phi) is 2.60. The minimum Gasteiger partial charge on any atom is -0.356 e. The highest BCUT2D eigenvalue weighted by atomic mass is 79.9. The first-order valence-corrected chi connectivity index (χ1v) is 7.48. The highest BCUT2D eigenvalue weighted by molar-refractivity contribution is 9.10. The molecule has 0 bridgehead atoms. The zero-order valence-corrected chi connectivity index (χ0v) is 12.7. The molecule has 0 fully saturated rings. The molecule has 2 aromatic heterocycles. The van der Waals surface area contributed by atoms with Crippen LogP contribution in [0.3, 0.4) is 0 Å². The summed E-state index contributed by atoms with van der Waals surface area (Å²) >= 11 is 3.68. The minimum atomic E-state index is 0.932. The Balaban J connectivity index is 1.87. The molecule has 1 aliphatic rings. The Morgan fingerprint density at radius 3 is 3.05 bits per heavy atom. The molecule has 2 N–H and O–H groups in total. The van der Waals surface area contributed by atoms with E-state index in [-0.39, 0.29) is 0 Å². The lowest BCUT2D eigenvalue weighted by Crippen LogP contribution is -2.17. The largest absolute Gasteiger partial charge is 0.356 e. The number of anilines is 1. The summed E-state index contributed by atoms with van der Waals surface area (Å²) in [5, 5.41) is 3.34. The van der Waals surface area contributed by atoms with Crippen molar-refractivity contribution in [2.24, 2.45) is 0 Å².